The van der Waals surface area contributed by atoms with E-state index in [1.807, 2.05) is 0 Å². The van der Waals surface area contributed by atoms with E-state index >= 15 is 0 Å². The van der Waals surface area contributed by atoms with E-state index in [-0.39, 0.29) is 10.8 Å². The van der Waals surface area contributed by atoms with Crippen molar-refractivity contribution in [2.45, 2.75) is 125 Å². The van der Waals surface area contributed by atoms with Crippen LogP contribution >= 0.6 is 58.4 Å². The second-order valence-electron chi connectivity index (χ2n) is 9.89. The first-order valence-corrected chi connectivity index (χ1v) is 15.7. The second-order valence-corrected chi connectivity index (χ2v) is 17.0. The van der Waals surface area contributed by atoms with Gasteiger partial charge in [-0.25, -0.2) is 0 Å². The number of thiophene rings is 1. The summed E-state index contributed by atoms with van der Waals surface area (Å²) >= 11 is 10.5. The Kier molecular flexibility index (Phi) is 11.5. The molecule has 0 N–H and O–H groups in total. The molecule has 0 bridgehead atoms. The molecule has 0 fully saturated rings. The Morgan fingerprint density at radius 3 is 1.17 bits per heavy atom. The lowest BCUT2D eigenvalue weighted by atomic mass is 9.93. The van der Waals surface area contributed by atoms with Crippen molar-refractivity contribution in [3.05, 3.63) is 9.75 Å². The van der Waals surface area contributed by atoms with Crippen molar-refractivity contribution < 1.29 is 0 Å². The molecule has 0 aliphatic rings. The maximum atomic E-state index is 2.42. The van der Waals surface area contributed by atoms with Crippen LogP contribution in [0.25, 0.3) is 0 Å². The SMILES string of the molecule is CCSC(C)C(C)Sc1c(C(C)(C)C)sc(C(C)(C)C)c1SC(C)C(C)SCC. The highest BCUT2D eigenvalue weighted by molar-refractivity contribution is 8.06. The molecule has 1 heterocycles. The van der Waals surface area contributed by atoms with Gasteiger partial charge in [0.2, 0.25) is 0 Å². The molecule has 5 heteroatoms. The Hall–Kier alpha value is 1.10. The molecule has 0 nitrogen and oxygen atoms in total. The number of rotatable bonds is 10. The zero-order valence-corrected chi connectivity index (χ0v) is 24.8. The summed E-state index contributed by atoms with van der Waals surface area (Å²) in [6.45, 7) is 28.5. The third-order valence-corrected chi connectivity index (χ3v) is 13.1. The summed E-state index contributed by atoms with van der Waals surface area (Å²) in [5.41, 5.74) is 0.360. The molecule has 0 radical (unpaired) electrons. The van der Waals surface area contributed by atoms with E-state index in [0.29, 0.717) is 21.0 Å². The van der Waals surface area contributed by atoms with E-state index in [1.165, 1.54) is 11.5 Å². The first-order chi connectivity index (χ1) is 13.2. The van der Waals surface area contributed by atoms with Crippen molar-refractivity contribution in [3.8, 4) is 0 Å². The zero-order valence-electron chi connectivity index (χ0n) is 20.8. The molecule has 0 spiro atoms. The molecule has 29 heavy (non-hydrogen) atoms. The van der Waals surface area contributed by atoms with Crippen LogP contribution in [0.2, 0.25) is 0 Å². The predicted octanol–water partition coefficient (Wildman–Crippen LogP) is 9.59. The summed E-state index contributed by atoms with van der Waals surface area (Å²) in [5, 5.41) is 2.56. The van der Waals surface area contributed by atoms with Crippen LogP contribution < -0.4 is 0 Å². The maximum absolute atomic E-state index is 2.42. The van der Waals surface area contributed by atoms with E-state index in [0.717, 1.165) is 0 Å². The second kappa shape index (κ2) is 11.8. The molecule has 0 saturated carbocycles. The predicted molar refractivity (Wildman–Crippen MR) is 148 cm³/mol. The van der Waals surface area contributed by atoms with Gasteiger partial charge in [-0.3, -0.25) is 0 Å². The van der Waals surface area contributed by atoms with Crippen LogP contribution in [0, 0.1) is 0 Å². The fraction of sp³-hybridized carbons (Fsp3) is 0.833. The van der Waals surface area contributed by atoms with Crippen molar-refractivity contribution in [3.63, 3.8) is 0 Å². The molecule has 170 valence electrons. The summed E-state index contributed by atoms with van der Waals surface area (Å²) in [5.74, 6) is 2.39. The summed E-state index contributed by atoms with van der Waals surface area (Å²) in [4.78, 5) is 6.32. The standard InChI is InChI=1S/C24H44S5/c1-13-25-15(3)17(5)27-19-20(28-18(6)16(4)26-14-2)22(24(10,11)12)29-21(19)23(7,8)9/h15-18H,13-14H2,1-12H3. The third kappa shape index (κ3) is 8.18. The topological polar surface area (TPSA) is 0 Å². The first-order valence-electron chi connectivity index (χ1n) is 11.0. The van der Waals surface area contributed by atoms with Gasteiger partial charge in [0.1, 0.15) is 0 Å². The first kappa shape index (κ1) is 28.1. The van der Waals surface area contributed by atoms with Gasteiger partial charge in [0, 0.05) is 40.5 Å². The van der Waals surface area contributed by atoms with Crippen LogP contribution in [0.1, 0.15) is 92.8 Å². The van der Waals surface area contributed by atoms with E-state index in [2.05, 4.69) is 141 Å². The van der Waals surface area contributed by atoms with Gasteiger partial charge in [-0.2, -0.15) is 23.5 Å². The molecule has 1 aromatic rings. The van der Waals surface area contributed by atoms with Gasteiger partial charge in [-0.15, -0.1) is 34.9 Å². The molecular weight excluding hydrogens is 449 g/mol. The summed E-state index contributed by atoms with van der Waals surface area (Å²) in [6, 6.07) is 0. The molecule has 0 aromatic carbocycles. The molecule has 0 saturated heterocycles. The Balaban J connectivity index is 3.48. The Bertz CT molecular complexity index is 568. The molecule has 4 atom stereocenters. The van der Waals surface area contributed by atoms with Crippen LogP contribution in [0.15, 0.2) is 9.79 Å². The van der Waals surface area contributed by atoms with Crippen LogP contribution in [0.5, 0.6) is 0 Å². The minimum Gasteiger partial charge on any atom is -0.158 e. The van der Waals surface area contributed by atoms with Gasteiger partial charge in [0.25, 0.3) is 0 Å². The van der Waals surface area contributed by atoms with Crippen molar-refractivity contribution >= 4 is 58.4 Å². The molecule has 0 aliphatic carbocycles. The third-order valence-electron chi connectivity index (χ3n) is 4.97. The number of hydrogen-bond donors (Lipinski definition) is 0. The smallest absolute Gasteiger partial charge is 0.0359 e. The summed E-state index contributed by atoms with van der Waals surface area (Å²) in [7, 11) is 0. The van der Waals surface area contributed by atoms with Crippen LogP contribution in [-0.2, 0) is 10.8 Å². The average Bonchev–Trinajstić information content (AvgIpc) is 2.93. The monoisotopic (exact) mass is 492 g/mol. The lowest BCUT2D eigenvalue weighted by Gasteiger charge is -2.26. The van der Waals surface area contributed by atoms with Gasteiger partial charge < -0.3 is 0 Å². The maximum Gasteiger partial charge on any atom is 0.0359 e. The van der Waals surface area contributed by atoms with Gasteiger partial charge in [0.05, 0.1) is 0 Å². The van der Waals surface area contributed by atoms with Crippen molar-refractivity contribution in [2.75, 3.05) is 11.5 Å². The minimum absolute atomic E-state index is 0.180. The van der Waals surface area contributed by atoms with E-state index in [1.54, 1.807) is 19.5 Å². The largest absolute Gasteiger partial charge is 0.158 e. The van der Waals surface area contributed by atoms with Gasteiger partial charge in [-0.05, 0) is 22.3 Å². The Labute approximate surface area is 203 Å². The Morgan fingerprint density at radius 2 is 0.931 bits per heavy atom. The van der Waals surface area contributed by atoms with Crippen molar-refractivity contribution in [1.29, 1.82) is 0 Å². The molecule has 1 rings (SSSR count). The lowest BCUT2D eigenvalue weighted by molar-refractivity contribution is 0.584. The van der Waals surface area contributed by atoms with E-state index in [4.69, 9.17) is 0 Å². The summed E-state index contributed by atoms with van der Waals surface area (Å²) < 4.78 is 0. The molecule has 1 aromatic heterocycles. The van der Waals surface area contributed by atoms with Gasteiger partial charge in [0.15, 0.2) is 0 Å². The number of hydrogen-bond acceptors (Lipinski definition) is 5. The fourth-order valence-electron chi connectivity index (χ4n) is 2.96. The highest BCUT2D eigenvalue weighted by Crippen LogP contribution is 2.53. The average molecular weight is 493 g/mol. The van der Waals surface area contributed by atoms with Crippen LogP contribution in [-0.4, -0.2) is 32.5 Å². The zero-order chi connectivity index (χ0) is 22.6. The summed E-state index contributed by atoms with van der Waals surface area (Å²) in [6.07, 6.45) is 0. The highest BCUT2D eigenvalue weighted by atomic mass is 32.2. The van der Waals surface area contributed by atoms with Crippen molar-refractivity contribution in [2.24, 2.45) is 0 Å². The fourth-order valence-corrected chi connectivity index (χ4v) is 9.90. The van der Waals surface area contributed by atoms with E-state index in [9.17, 15) is 0 Å². The van der Waals surface area contributed by atoms with Crippen molar-refractivity contribution in [1.82, 2.24) is 0 Å². The van der Waals surface area contributed by atoms with Gasteiger partial charge >= 0.3 is 0 Å². The normalized spacial score (nSPS) is 17.2. The number of thioether (sulfide) groups is 4. The van der Waals surface area contributed by atoms with Crippen LogP contribution in [0.3, 0.4) is 0 Å². The van der Waals surface area contributed by atoms with E-state index < -0.39 is 0 Å². The highest BCUT2D eigenvalue weighted by Gasteiger charge is 2.34. The lowest BCUT2D eigenvalue weighted by Crippen LogP contribution is -2.17. The minimum atomic E-state index is 0.180. The van der Waals surface area contributed by atoms with Crippen LogP contribution in [0.4, 0.5) is 0 Å². The molecule has 0 aliphatic heterocycles. The molecular formula is C24H44S5. The quantitative estimate of drug-likeness (QED) is 0.298. The van der Waals surface area contributed by atoms with Gasteiger partial charge in [-0.1, -0.05) is 83.1 Å². The Morgan fingerprint density at radius 1 is 0.621 bits per heavy atom. The molecule has 0 amide bonds. The molecule has 4 unspecified atom stereocenters.